The van der Waals surface area contributed by atoms with Crippen LogP contribution in [0.25, 0.3) is 0 Å². The molecule has 0 radical (unpaired) electrons. The largest absolute Gasteiger partial charge is 0.378 e. The predicted molar refractivity (Wildman–Crippen MR) is 69.0 cm³/mol. The molecule has 0 bridgehead atoms. The second kappa shape index (κ2) is 4.79. The average Bonchev–Trinajstić information content (AvgIpc) is 2.96. The van der Waals surface area contributed by atoms with E-state index in [9.17, 15) is 0 Å². The van der Waals surface area contributed by atoms with Crippen LogP contribution >= 0.6 is 0 Å². The van der Waals surface area contributed by atoms with Crippen molar-refractivity contribution in [1.82, 2.24) is 5.32 Å². The summed E-state index contributed by atoms with van der Waals surface area (Å²) < 4.78 is 5.78. The van der Waals surface area contributed by atoms with E-state index in [0.29, 0.717) is 18.1 Å². The van der Waals surface area contributed by atoms with Crippen LogP contribution in [-0.2, 0) is 11.2 Å². The monoisotopic (exact) mass is 231 g/mol. The molecule has 2 aliphatic rings. The SMILES string of the molecule is CNC1c2ccccc2CC1CC1CCCO1. The van der Waals surface area contributed by atoms with Crippen LogP contribution in [-0.4, -0.2) is 19.8 Å². The van der Waals surface area contributed by atoms with E-state index in [2.05, 4.69) is 36.6 Å². The summed E-state index contributed by atoms with van der Waals surface area (Å²) >= 11 is 0. The zero-order chi connectivity index (χ0) is 11.7. The molecule has 0 aromatic heterocycles. The summed E-state index contributed by atoms with van der Waals surface area (Å²) in [6, 6.07) is 9.37. The van der Waals surface area contributed by atoms with E-state index in [4.69, 9.17) is 4.74 Å². The first-order chi connectivity index (χ1) is 8.38. The Bertz CT molecular complexity index is 384. The molecule has 1 aliphatic carbocycles. The molecule has 1 fully saturated rings. The molecule has 0 saturated carbocycles. The fraction of sp³-hybridized carbons (Fsp3) is 0.600. The van der Waals surface area contributed by atoms with Gasteiger partial charge in [0, 0.05) is 12.6 Å². The summed E-state index contributed by atoms with van der Waals surface area (Å²) in [5.74, 6) is 0.709. The van der Waals surface area contributed by atoms with Crippen molar-refractivity contribution in [3.05, 3.63) is 35.4 Å². The number of rotatable bonds is 3. The van der Waals surface area contributed by atoms with E-state index in [1.165, 1.54) is 36.8 Å². The van der Waals surface area contributed by atoms with Gasteiger partial charge in [0.15, 0.2) is 0 Å². The van der Waals surface area contributed by atoms with Crippen molar-refractivity contribution in [3.63, 3.8) is 0 Å². The normalized spacial score (nSPS) is 31.7. The molecule has 17 heavy (non-hydrogen) atoms. The number of fused-ring (bicyclic) bond motifs is 1. The van der Waals surface area contributed by atoms with Gasteiger partial charge in [-0.1, -0.05) is 24.3 Å². The lowest BCUT2D eigenvalue weighted by atomic mass is 9.93. The van der Waals surface area contributed by atoms with Crippen molar-refractivity contribution >= 4 is 0 Å². The lowest BCUT2D eigenvalue weighted by Crippen LogP contribution is -2.25. The lowest BCUT2D eigenvalue weighted by Gasteiger charge is -2.22. The maximum absolute atomic E-state index is 5.78. The van der Waals surface area contributed by atoms with Gasteiger partial charge in [0.05, 0.1) is 6.10 Å². The number of nitrogens with one attached hydrogen (secondary N) is 1. The highest BCUT2D eigenvalue weighted by Crippen LogP contribution is 2.39. The molecule has 1 heterocycles. The zero-order valence-corrected chi connectivity index (χ0v) is 10.5. The van der Waals surface area contributed by atoms with Gasteiger partial charge in [-0.05, 0) is 49.8 Å². The van der Waals surface area contributed by atoms with Crippen molar-refractivity contribution in [2.45, 2.75) is 37.8 Å². The first kappa shape index (κ1) is 11.2. The fourth-order valence-corrected chi connectivity index (χ4v) is 3.46. The van der Waals surface area contributed by atoms with Gasteiger partial charge in [-0.3, -0.25) is 0 Å². The van der Waals surface area contributed by atoms with E-state index in [-0.39, 0.29) is 0 Å². The molecule has 1 aromatic carbocycles. The zero-order valence-electron chi connectivity index (χ0n) is 10.5. The molecule has 2 heteroatoms. The van der Waals surface area contributed by atoms with E-state index < -0.39 is 0 Å². The minimum absolute atomic E-state index is 0.505. The number of hydrogen-bond donors (Lipinski definition) is 1. The smallest absolute Gasteiger partial charge is 0.0579 e. The Morgan fingerprint density at radius 3 is 3.00 bits per heavy atom. The van der Waals surface area contributed by atoms with Crippen molar-refractivity contribution in [2.75, 3.05) is 13.7 Å². The molecule has 3 rings (SSSR count). The maximum atomic E-state index is 5.78. The molecule has 1 aliphatic heterocycles. The van der Waals surface area contributed by atoms with Crippen LogP contribution in [0.1, 0.15) is 36.4 Å². The average molecular weight is 231 g/mol. The number of benzene rings is 1. The van der Waals surface area contributed by atoms with Crippen molar-refractivity contribution in [1.29, 1.82) is 0 Å². The van der Waals surface area contributed by atoms with E-state index in [0.717, 1.165) is 6.61 Å². The number of ether oxygens (including phenoxy) is 1. The fourth-order valence-electron chi connectivity index (χ4n) is 3.46. The highest BCUT2D eigenvalue weighted by atomic mass is 16.5. The Morgan fingerprint density at radius 1 is 1.35 bits per heavy atom. The Labute approximate surface area is 103 Å². The maximum Gasteiger partial charge on any atom is 0.0579 e. The van der Waals surface area contributed by atoms with Crippen LogP contribution in [0.2, 0.25) is 0 Å². The molecule has 0 amide bonds. The van der Waals surface area contributed by atoms with Gasteiger partial charge in [0.25, 0.3) is 0 Å². The Hall–Kier alpha value is -0.860. The van der Waals surface area contributed by atoms with Crippen LogP contribution in [0.3, 0.4) is 0 Å². The summed E-state index contributed by atoms with van der Waals surface area (Å²) in [4.78, 5) is 0. The lowest BCUT2D eigenvalue weighted by molar-refractivity contribution is 0.0854. The molecule has 2 nitrogen and oxygen atoms in total. The standard InChI is InChI=1S/C15H21NO/c1-16-15-12(10-13-6-4-8-17-13)9-11-5-2-3-7-14(11)15/h2-3,5,7,12-13,15-16H,4,6,8-10H2,1H3. The van der Waals surface area contributed by atoms with Crippen molar-refractivity contribution in [3.8, 4) is 0 Å². The van der Waals surface area contributed by atoms with Gasteiger partial charge in [-0.25, -0.2) is 0 Å². The summed E-state index contributed by atoms with van der Waals surface area (Å²) in [7, 11) is 2.08. The highest BCUT2D eigenvalue weighted by Gasteiger charge is 2.33. The second-order valence-electron chi connectivity index (χ2n) is 5.30. The molecule has 0 spiro atoms. The minimum atomic E-state index is 0.505. The predicted octanol–water partition coefficient (Wildman–Crippen LogP) is 2.69. The summed E-state index contributed by atoms with van der Waals surface area (Å²) in [5.41, 5.74) is 3.02. The van der Waals surface area contributed by atoms with E-state index >= 15 is 0 Å². The van der Waals surface area contributed by atoms with E-state index in [1.807, 2.05) is 0 Å². The molecule has 92 valence electrons. The van der Waals surface area contributed by atoms with E-state index in [1.54, 1.807) is 0 Å². The first-order valence-electron chi connectivity index (χ1n) is 6.75. The van der Waals surface area contributed by atoms with Gasteiger partial charge >= 0.3 is 0 Å². The van der Waals surface area contributed by atoms with Crippen molar-refractivity contribution in [2.24, 2.45) is 5.92 Å². The molecule has 1 aromatic rings. The third kappa shape index (κ3) is 2.12. The third-order valence-electron chi connectivity index (χ3n) is 4.24. The molecule has 3 unspecified atom stereocenters. The van der Waals surface area contributed by atoms with Crippen LogP contribution < -0.4 is 5.32 Å². The number of hydrogen-bond acceptors (Lipinski definition) is 2. The van der Waals surface area contributed by atoms with Gasteiger partial charge in [-0.2, -0.15) is 0 Å². The quantitative estimate of drug-likeness (QED) is 0.863. The van der Waals surface area contributed by atoms with Gasteiger partial charge in [0.2, 0.25) is 0 Å². The van der Waals surface area contributed by atoms with Gasteiger partial charge in [-0.15, -0.1) is 0 Å². The Morgan fingerprint density at radius 2 is 2.24 bits per heavy atom. The molecule has 1 N–H and O–H groups in total. The third-order valence-corrected chi connectivity index (χ3v) is 4.24. The van der Waals surface area contributed by atoms with Crippen molar-refractivity contribution < 1.29 is 4.74 Å². The van der Waals surface area contributed by atoms with Crippen LogP contribution in [0.4, 0.5) is 0 Å². The van der Waals surface area contributed by atoms with Gasteiger partial charge < -0.3 is 10.1 Å². The van der Waals surface area contributed by atoms with Crippen LogP contribution in [0.15, 0.2) is 24.3 Å². The topological polar surface area (TPSA) is 21.3 Å². The summed E-state index contributed by atoms with van der Waals surface area (Å²) in [5, 5.41) is 3.49. The second-order valence-corrected chi connectivity index (χ2v) is 5.30. The Balaban J connectivity index is 1.74. The molecular formula is C15H21NO. The molecular weight excluding hydrogens is 210 g/mol. The summed E-state index contributed by atoms with van der Waals surface area (Å²) in [6.07, 6.45) is 5.42. The summed E-state index contributed by atoms with van der Waals surface area (Å²) in [6.45, 7) is 0.967. The molecule has 1 saturated heterocycles. The molecule has 3 atom stereocenters. The van der Waals surface area contributed by atoms with Crippen LogP contribution in [0.5, 0.6) is 0 Å². The van der Waals surface area contributed by atoms with Crippen LogP contribution in [0, 0.1) is 5.92 Å². The first-order valence-corrected chi connectivity index (χ1v) is 6.75. The Kier molecular flexibility index (Phi) is 3.17. The van der Waals surface area contributed by atoms with Gasteiger partial charge in [0.1, 0.15) is 0 Å². The highest BCUT2D eigenvalue weighted by molar-refractivity contribution is 5.35. The minimum Gasteiger partial charge on any atom is -0.378 e.